The van der Waals surface area contributed by atoms with Gasteiger partial charge in [0.25, 0.3) is 0 Å². The minimum absolute atomic E-state index is 0.799. The van der Waals surface area contributed by atoms with Crippen LogP contribution in [0.25, 0.3) is 0 Å². The van der Waals surface area contributed by atoms with Crippen LogP contribution < -0.4 is 0 Å². The second kappa shape index (κ2) is 7.49. The summed E-state index contributed by atoms with van der Waals surface area (Å²) in [5, 5.41) is 0. The smallest absolute Gasteiger partial charge is 0.0977 e. The molecule has 3 nitrogen and oxygen atoms in total. The SMILES string of the molecule is C=C(CCN(C)C)OC(=C)CCN(C)C. The van der Waals surface area contributed by atoms with Crippen LogP contribution in [-0.2, 0) is 4.74 Å². The predicted octanol–water partition coefficient (Wildman–Crippen LogP) is 1.93. The van der Waals surface area contributed by atoms with E-state index in [1.54, 1.807) is 0 Å². The molecule has 0 aromatic rings. The second-order valence-corrected chi connectivity index (χ2v) is 4.29. The third kappa shape index (κ3) is 9.50. The summed E-state index contributed by atoms with van der Waals surface area (Å²) >= 11 is 0. The molecule has 0 atom stereocenters. The lowest BCUT2D eigenvalue weighted by Gasteiger charge is -2.15. The zero-order valence-electron chi connectivity index (χ0n) is 10.5. The fraction of sp³-hybridized carbons (Fsp3) is 0.667. The van der Waals surface area contributed by atoms with Crippen molar-refractivity contribution in [1.29, 1.82) is 0 Å². The van der Waals surface area contributed by atoms with Crippen molar-refractivity contribution in [2.75, 3.05) is 41.3 Å². The summed E-state index contributed by atoms with van der Waals surface area (Å²) in [6.45, 7) is 9.66. The summed E-state index contributed by atoms with van der Waals surface area (Å²) in [7, 11) is 8.14. The summed E-state index contributed by atoms with van der Waals surface area (Å²) < 4.78 is 5.51. The Morgan fingerprint density at radius 2 is 1.20 bits per heavy atom. The molecular formula is C12H24N2O. The van der Waals surface area contributed by atoms with E-state index < -0.39 is 0 Å². The summed E-state index contributed by atoms with van der Waals surface area (Å²) in [4.78, 5) is 4.22. The van der Waals surface area contributed by atoms with Gasteiger partial charge in [0, 0.05) is 25.9 Å². The van der Waals surface area contributed by atoms with Crippen molar-refractivity contribution in [2.45, 2.75) is 12.8 Å². The van der Waals surface area contributed by atoms with Gasteiger partial charge in [0.05, 0.1) is 11.5 Å². The van der Waals surface area contributed by atoms with Crippen LogP contribution in [-0.4, -0.2) is 51.1 Å². The number of rotatable bonds is 8. The first-order valence-corrected chi connectivity index (χ1v) is 5.24. The standard InChI is InChI=1S/C12H24N2O/c1-11(7-9-13(3)4)15-12(2)8-10-14(5)6/h1-2,7-10H2,3-6H3. The zero-order chi connectivity index (χ0) is 11.8. The van der Waals surface area contributed by atoms with Gasteiger partial charge in [-0.25, -0.2) is 0 Å². The predicted molar refractivity (Wildman–Crippen MR) is 65.7 cm³/mol. The summed E-state index contributed by atoms with van der Waals surface area (Å²) in [6.07, 6.45) is 1.71. The van der Waals surface area contributed by atoms with Gasteiger partial charge in [-0.15, -0.1) is 0 Å². The molecule has 0 saturated heterocycles. The lowest BCUT2D eigenvalue weighted by Crippen LogP contribution is -2.15. The lowest BCUT2D eigenvalue weighted by atomic mass is 10.3. The molecular weight excluding hydrogens is 188 g/mol. The van der Waals surface area contributed by atoms with E-state index in [1.807, 2.05) is 28.2 Å². The Balaban J connectivity index is 3.63. The molecule has 0 unspecified atom stereocenters. The average Bonchev–Trinajstić information content (AvgIpc) is 2.11. The first kappa shape index (κ1) is 14.2. The molecule has 0 aromatic heterocycles. The van der Waals surface area contributed by atoms with Gasteiger partial charge in [0.1, 0.15) is 0 Å². The van der Waals surface area contributed by atoms with Crippen LogP contribution in [0.2, 0.25) is 0 Å². The van der Waals surface area contributed by atoms with Crippen molar-refractivity contribution in [3.8, 4) is 0 Å². The first-order chi connectivity index (χ1) is 6.91. The molecule has 0 N–H and O–H groups in total. The van der Waals surface area contributed by atoms with Crippen LogP contribution >= 0.6 is 0 Å². The van der Waals surface area contributed by atoms with Crippen LogP contribution in [0.3, 0.4) is 0 Å². The van der Waals surface area contributed by atoms with Gasteiger partial charge in [0.2, 0.25) is 0 Å². The molecule has 0 rings (SSSR count). The summed E-state index contributed by atoms with van der Waals surface area (Å²) in [5.41, 5.74) is 0. The number of hydrogen-bond acceptors (Lipinski definition) is 3. The molecule has 3 heteroatoms. The van der Waals surface area contributed by atoms with Crippen LogP contribution in [0.4, 0.5) is 0 Å². The quantitative estimate of drug-likeness (QED) is 0.572. The van der Waals surface area contributed by atoms with E-state index in [4.69, 9.17) is 4.74 Å². The van der Waals surface area contributed by atoms with E-state index in [0.29, 0.717) is 0 Å². The Morgan fingerprint density at radius 1 is 0.867 bits per heavy atom. The lowest BCUT2D eigenvalue weighted by molar-refractivity contribution is 0.255. The maximum absolute atomic E-state index is 5.51. The Hall–Kier alpha value is -0.800. The van der Waals surface area contributed by atoms with E-state index in [1.165, 1.54) is 0 Å². The van der Waals surface area contributed by atoms with Crippen LogP contribution in [0.15, 0.2) is 24.7 Å². The van der Waals surface area contributed by atoms with E-state index in [2.05, 4.69) is 23.0 Å². The number of hydrogen-bond donors (Lipinski definition) is 0. The molecule has 0 aromatic carbocycles. The minimum Gasteiger partial charge on any atom is -0.467 e. The fourth-order valence-electron chi connectivity index (χ4n) is 1.00. The molecule has 0 aliphatic heterocycles. The summed E-state index contributed by atoms with van der Waals surface area (Å²) in [6, 6.07) is 0. The Bertz CT molecular complexity index is 188. The molecule has 0 aliphatic carbocycles. The fourth-order valence-corrected chi connectivity index (χ4v) is 1.00. The molecule has 88 valence electrons. The first-order valence-electron chi connectivity index (χ1n) is 5.24. The van der Waals surface area contributed by atoms with E-state index >= 15 is 0 Å². The van der Waals surface area contributed by atoms with Gasteiger partial charge >= 0.3 is 0 Å². The Labute approximate surface area is 94.0 Å². The van der Waals surface area contributed by atoms with Crippen molar-refractivity contribution in [2.24, 2.45) is 0 Å². The molecule has 0 amide bonds. The van der Waals surface area contributed by atoms with E-state index in [0.717, 1.165) is 37.4 Å². The molecule has 0 radical (unpaired) electrons. The topological polar surface area (TPSA) is 15.7 Å². The number of nitrogens with zero attached hydrogens (tertiary/aromatic N) is 2. The summed E-state index contributed by atoms with van der Waals surface area (Å²) in [5.74, 6) is 1.60. The van der Waals surface area contributed by atoms with Gasteiger partial charge in [-0.1, -0.05) is 13.2 Å². The average molecular weight is 212 g/mol. The highest BCUT2D eigenvalue weighted by Gasteiger charge is 2.01. The Morgan fingerprint density at radius 3 is 1.47 bits per heavy atom. The van der Waals surface area contributed by atoms with Crippen LogP contribution in [0.1, 0.15) is 12.8 Å². The van der Waals surface area contributed by atoms with Crippen LogP contribution in [0, 0.1) is 0 Å². The largest absolute Gasteiger partial charge is 0.467 e. The van der Waals surface area contributed by atoms with Gasteiger partial charge in [0.15, 0.2) is 0 Å². The van der Waals surface area contributed by atoms with E-state index in [-0.39, 0.29) is 0 Å². The van der Waals surface area contributed by atoms with Crippen molar-refractivity contribution in [3.63, 3.8) is 0 Å². The maximum Gasteiger partial charge on any atom is 0.0977 e. The van der Waals surface area contributed by atoms with E-state index in [9.17, 15) is 0 Å². The Kier molecular flexibility index (Phi) is 7.09. The zero-order valence-corrected chi connectivity index (χ0v) is 10.5. The molecule has 0 bridgehead atoms. The normalized spacial score (nSPS) is 10.8. The number of ether oxygens (including phenoxy) is 1. The minimum atomic E-state index is 0.799. The highest BCUT2D eigenvalue weighted by Crippen LogP contribution is 2.10. The third-order valence-electron chi connectivity index (χ3n) is 1.96. The molecule has 0 heterocycles. The van der Waals surface area contributed by atoms with Crippen molar-refractivity contribution >= 4 is 0 Å². The monoisotopic (exact) mass is 212 g/mol. The van der Waals surface area contributed by atoms with Crippen molar-refractivity contribution in [1.82, 2.24) is 9.80 Å². The molecule has 0 spiro atoms. The molecule has 0 fully saturated rings. The van der Waals surface area contributed by atoms with Gasteiger partial charge in [-0.2, -0.15) is 0 Å². The molecule has 15 heavy (non-hydrogen) atoms. The van der Waals surface area contributed by atoms with Gasteiger partial charge < -0.3 is 14.5 Å². The van der Waals surface area contributed by atoms with Gasteiger partial charge in [-0.05, 0) is 28.2 Å². The second-order valence-electron chi connectivity index (χ2n) is 4.29. The third-order valence-corrected chi connectivity index (χ3v) is 1.96. The highest BCUT2D eigenvalue weighted by molar-refractivity contribution is 4.94. The molecule has 0 saturated carbocycles. The van der Waals surface area contributed by atoms with Gasteiger partial charge in [-0.3, -0.25) is 0 Å². The van der Waals surface area contributed by atoms with Crippen molar-refractivity contribution < 1.29 is 4.74 Å². The molecule has 0 aliphatic rings. The van der Waals surface area contributed by atoms with Crippen molar-refractivity contribution in [3.05, 3.63) is 24.7 Å². The maximum atomic E-state index is 5.51. The van der Waals surface area contributed by atoms with Crippen LogP contribution in [0.5, 0.6) is 0 Å². The highest BCUT2D eigenvalue weighted by atomic mass is 16.5.